The van der Waals surface area contributed by atoms with Gasteiger partial charge >= 0.3 is 5.97 Å². The van der Waals surface area contributed by atoms with Gasteiger partial charge in [0.25, 0.3) is 0 Å². The highest BCUT2D eigenvalue weighted by Gasteiger charge is 2.17. The highest BCUT2D eigenvalue weighted by atomic mass is 16.5. The van der Waals surface area contributed by atoms with Crippen LogP contribution in [-0.4, -0.2) is 19.0 Å². The van der Waals surface area contributed by atoms with Gasteiger partial charge in [0.2, 0.25) is 5.91 Å². The van der Waals surface area contributed by atoms with Crippen LogP contribution in [0, 0.1) is 0 Å². The quantitative estimate of drug-likeness (QED) is 0.870. The van der Waals surface area contributed by atoms with Gasteiger partial charge in [-0.2, -0.15) is 0 Å². The van der Waals surface area contributed by atoms with E-state index in [1.807, 2.05) is 42.5 Å². The van der Waals surface area contributed by atoms with Gasteiger partial charge in [0.1, 0.15) is 0 Å². The second kappa shape index (κ2) is 6.19. The molecule has 1 N–H and O–H groups in total. The van der Waals surface area contributed by atoms with Crippen LogP contribution in [0.15, 0.2) is 42.5 Å². The summed E-state index contributed by atoms with van der Waals surface area (Å²) < 4.78 is 4.68. The van der Waals surface area contributed by atoms with Gasteiger partial charge in [0.05, 0.1) is 19.6 Å². The maximum Gasteiger partial charge on any atom is 0.307 e. The molecule has 104 valence electrons. The largest absolute Gasteiger partial charge is 0.469 e. The van der Waals surface area contributed by atoms with E-state index in [1.54, 1.807) is 0 Å². The first-order valence-corrected chi connectivity index (χ1v) is 6.43. The van der Waals surface area contributed by atoms with Crippen LogP contribution in [-0.2, 0) is 14.3 Å². The summed E-state index contributed by atoms with van der Waals surface area (Å²) in [5.41, 5.74) is 0.893. The third-order valence-electron chi connectivity index (χ3n) is 3.15. The number of carbonyl (C=O) groups excluding carboxylic acids is 2. The lowest BCUT2D eigenvalue weighted by atomic mass is 9.99. The molecule has 20 heavy (non-hydrogen) atoms. The average Bonchev–Trinajstić information content (AvgIpc) is 2.45. The topological polar surface area (TPSA) is 55.4 Å². The molecule has 2 aromatic rings. The Bertz CT molecular complexity index is 636. The highest BCUT2D eigenvalue weighted by molar-refractivity contribution is 5.83. The van der Waals surface area contributed by atoms with Crippen LogP contribution in [0.4, 0.5) is 0 Å². The number of fused-ring (bicyclic) bond motifs is 1. The Balaban J connectivity index is 2.33. The molecule has 0 aliphatic heterocycles. The zero-order chi connectivity index (χ0) is 14.5. The lowest BCUT2D eigenvalue weighted by Crippen LogP contribution is -2.28. The van der Waals surface area contributed by atoms with Gasteiger partial charge in [-0.15, -0.1) is 0 Å². The Morgan fingerprint density at radius 1 is 1.15 bits per heavy atom. The predicted octanol–water partition coefficient (Wildman–Crippen LogP) is 2.58. The first-order valence-electron chi connectivity index (χ1n) is 6.43. The summed E-state index contributed by atoms with van der Waals surface area (Å²) in [6, 6.07) is 13.5. The fourth-order valence-electron chi connectivity index (χ4n) is 2.17. The van der Waals surface area contributed by atoms with E-state index < -0.39 is 0 Å². The van der Waals surface area contributed by atoms with E-state index in [1.165, 1.54) is 14.0 Å². The first-order chi connectivity index (χ1) is 9.60. The summed E-state index contributed by atoms with van der Waals surface area (Å²) >= 11 is 0. The molecule has 0 spiro atoms. The Morgan fingerprint density at radius 2 is 1.85 bits per heavy atom. The smallest absolute Gasteiger partial charge is 0.307 e. The Hall–Kier alpha value is -2.36. The molecule has 0 heterocycles. The monoisotopic (exact) mass is 271 g/mol. The number of esters is 1. The lowest BCUT2D eigenvalue weighted by Gasteiger charge is -2.17. The molecule has 0 radical (unpaired) electrons. The molecular formula is C16H17NO3. The van der Waals surface area contributed by atoms with Crippen molar-refractivity contribution in [3.63, 3.8) is 0 Å². The maximum atomic E-state index is 11.5. The molecule has 0 fully saturated rings. The zero-order valence-corrected chi connectivity index (χ0v) is 11.6. The van der Waals surface area contributed by atoms with Gasteiger partial charge in [-0.1, -0.05) is 36.4 Å². The molecule has 4 heteroatoms. The number of ether oxygens (including phenoxy) is 1. The molecule has 0 saturated carbocycles. The van der Waals surface area contributed by atoms with E-state index in [0.29, 0.717) is 0 Å². The van der Waals surface area contributed by atoms with Crippen LogP contribution < -0.4 is 5.32 Å². The standard InChI is InChI=1S/C16H17NO3/c1-11(18)17-15(10-16(19)20-2)14-8-7-12-5-3-4-6-13(12)9-14/h3-9,15H,10H2,1-2H3,(H,17,18)/t15-/m1/s1. The van der Waals surface area contributed by atoms with E-state index >= 15 is 0 Å². The number of methoxy groups -OCH3 is 1. The van der Waals surface area contributed by atoms with Crippen LogP contribution in [0.25, 0.3) is 10.8 Å². The van der Waals surface area contributed by atoms with Crippen LogP contribution in [0.2, 0.25) is 0 Å². The second-order valence-electron chi connectivity index (χ2n) is 4.64. The van der Waals surface area contributed by atoms with Crippen molar-refractivity contribution in [2.24, 2.45) is 0 Å². The number of hydrogen-bond acceptors (Lipinski definition) is 3. The van der Waals surface area contributed by atoms with Crippen LogP contribution in [0.1, 0.15) is 24.9 Å². The van der Waals surface area contributed by atoms with E-state index in [2.05, 4.69) is 10.1 Å². The van der Waals surface area contributed by atoms with Crippen LogP contribution in [0.5, 0.6) is 0 Å². The maximum absolute atomic E-state index is 11.5. The zero-order valence-electron chi connectivity index (χ0n) is 11.6. The predicted molar refractivity (Wildman–Crippen MR) is 77.1 cm³/mol. The number of amides is 1. The summed E-state index contributed by atoms with van der Waals surface area (Å²) in [5.74, 6) is -0.524. The fourth-order valence-corrected chi connectivity index (χ4v) is 2.17. The summed E-state index contributed by atoms with van der Waals surface area (Å²) in [6.45, 7) is 1.44. The molecular weight excluding hydrogens is 254 g/mol. The molecule has 0 bridgehead atoms. The number of hydrogen-bond donors (Lipinski definition) is 1. The minimum absolute atomic E-state index is 0.119. The van der Waals surface area contributed by atoms with Crippen molar-refractivity contribution in [1.29, 1.82) is 0 Å². The Morgan fingerprint density at radius 3 is 2.50 bits per heavy atom. The van der Waals surface area contributed by atoms with Crippen molar-refractivity contribution in [1.82, 2.24) is 5.32 Å². The minimum atomic E-state index is -0.371. The molecule has 2 rings (SSSR count). The van der Waals surface area contributed by atoms with E-state index in [0.717, 1.165) is 16.3 Å². The van der Waals surface area contributed by atoms with Gasteiger partial charge in [0.15, 0.2) is 0 Å². The van der Waals surface area contributed by atoms with E-state index in [4.69, 9.17) is 0 Å². The first kappa shape index (κ1) is 14.1. The van der Waals surface area contributed by atoms with Crippen molar-refractivity contribution in [3.05, 3.63) is 48.0 Å². The number of rotatable bonds is 4. The Labute approximate surface area is 117 Å². The SMILES string of the molecule is COC(=O)C[C@@H](NC(C)=O)c1ccc2ccccc2c1. The molecule has 0 saturated heterocycles. The van der Waals surface area contributed by atoms with Gasteiger partial charge in [-0.05, 0) is 22.4 Å². The van der Waals surface area contributed by atoms with E-state index in [9.17, 15) is 9.59 Å². The third-order valence-corrected chi connectivity index (χ3v) is 3.15. The lowest BCUT2D eigenvalue weighted by molar-refractivity contribution is -0.141. The van der Waals surface area contributed by atoms with E-state index in [-0.39, 0.29) is 24.3 Å². The van der Waals surface area contributed by atoms with Gasteiger partial charge in [-0.3, -0.25) is 9.59 Å². The molecule has 0 aliphatic carbocycles. The summed E-state index contributed by atoms with van der Waals surface area (Å²) in [7, 11) is 1.34. The van der Waals surface area contributed by atoms with Gasteiger partial charge in [0, 0.05) is 6.92 Å². The Kier molecular flexibility index (Phi) is 4.35. The molecule has 0 unspecified atom stereocenters. The minimum Gasteiger partial charge on any atom is -0.469 e. The highest BCUT2D eigenvalue weighted by Crippen LogP contribution is 2.23. The molecule has 4 nitrogen and oxygen atoms in total. The van der Waals surface area contributed by atoms with Gasteiger partial charge < -0.3 is 10.1 Å². The molecule has 2 aromatic carbocycles. The normalized spacial score (nSPS) is 11.9. The third kappa shape index (κ3) is 3.35. The van der Waals surface area contributed by atoms with Crippen molar-refractivity contribution in [3.8, 4) is 0 Å². The fraction of sp³-hybridized carbons (Fsp3) is 0.250. The molecule has 1 atom stereocenters. The number of carbonyl (C=O) groups is 2. The number of nitrogens with one attached hydrogen (secondary N) is 1. The van der Waals surface area contributed by atoms with Crippen molar-refractivity contribution in [2.75, 3.05) is 7.11 Å². The average molecular weight is 271 g/mol. The number of benzene rings is 2. The van der Waals surface area contributed by atoms with Gasteiger partial charge in [-0.25, -0.2) is 0 Å². The summed E-state index contributed by atoms with van der Waals surface area (Å²) in [5, 5.41) is 4.98. The second-order valence-corrected chi connectivity index (χ2v) is 4.64. The van der Waals surface area contributed by atoms with Crippen molar-refractivity contribution in [2.45, 2.75) is 19.4 Å². The molecule has 1 amide bonds. The van der Waals surface area contributed by atoms with Crippen molar-refractivity contribution >= 4 is 22.6 Å². The summed E-state index contributed by atoms with van der Waals surface area (Å²) in [4.78, 5) is 22.8. The van der Waals surface area contributed by atoms with Crippen molar-refractivity contribution < 1.29 is 14.3 Å². The molecule has 0 aliphatic rings. The van der Waals surface area contributed by atoms with Crippen LogP contribution >= 0.6 is 0 Å². The summed E-state index contributed by atoms with van der Waals surface area (Å²) in [6.07, 6.45) is 0.119. The van der Waals surface area contributed by atoms with Crippen LogP contribution in [0.3, 0.4) is 0 Å². The molecule has 0 aromatic heterocycles.